The van der Waals surface area contributed by atoms with Gasteiger partial charge in [-0.1, -0.05) is 132 Å². The van der Waals surface area contributed by atoms with E-state index < -0.39 is 15.5 Å². The lowest BCUT2D eigenvalue weighted by molar-refractivity contribution is -0.0191. The van der Waals surface area contributed by atoms with E-state index >= 15 is 0 Å². The van der Waals surface area contributed by atoms with Crippen molar-refractivity contribution >= 4 is 20.8 Å². The Morgan fingerprint density at radius 2 is 1.33 bits per heavy atom. The summed E-state index contributed by atoms with van der Waals surface area (Å²) in [5.74, 6) is 1.19. The Labute approximate surface area is 257 Å². The molecule has 3 aromatic carbocycles. The summed E-state index contributed by atoms with van der Waals surface area (Å²) in [5, 5.41) is 7.23. The largest absolute Gasteiger partial charge is 0.197 e. The number of fused-ring (bicyclic) bond motifs is 2. The number of rotatable bonds is 7. The minimum atomic E-state index is -2.11. The van der Waals surface area contributed by atoms with E-state index in [-0.39, 0.29) is 5.41 Å². The predicted octanol–water partition coefficient (Wildman–Crippen LogP) is 9.96. The second-order valence-corrected chi connectivity index (χ2v) is 19.4. The van der Waals surface area contributed by atoms with Gasteiger partial charge in [-0.05, 0) is 41.5 Å². The molecule has 3 aliphatic rings. The van der Waals surface area contributed by atoms with Gasteiger partial charge in [0.2, 0.25) is 0 Å². The Morgan fingerprint density at radius 1 is 0.810 bits per heavy atom. The second-order valence-electron chi connectivity index (χ2n) is 13.4. The van der Waals surface area contributed by atoms with E-state index in [2.05, 4.69) is 134 Å². The highest BCUT2D eigenvalue weighted by Crippen LogP contribution is 2.89. The summed E-state index contributed by atoms with van der Waals surface area (Å²) in [4.78, 5) is 0. The van der Waals surface area contributed by atoms with Crippen molar-refractivity contribution in [2.75, 3.05) is 19.6 Å². The first-order chi connectivity index (χ1) is 20.3. The fraction of sp³-hybridized carbons (Fsp3) is 0.486. The molecular formula is C37H51N3P2. The molecule has 0 amide bonds. The molecule has 3 aromatic rings. The monoisotopic (exact) mass is 599 g/mol. The number of hydrogen-bond acceptors (Lipinski definition) is 3. The van der Waals surface area contributed by atoms with E-state index in [9.17, 15) is 0 Å². The average Bonchev–Trinajstić information content (AvgIpc) is 3.10. The molecule has 0 bridgehead atoms. The maximum Gasteiger partial charge on any atom is 0.151 e. The van der Waals surface area contributed by atoms with Gasteiger partial charge in [0.15, 0.2) is 11.6 Å². The van der Waals surface area contributed by atoms with Crippen LogP contribution in [0, 0.1) is 12.6 Å². The van der Waals surface area contributed by atoms with Crippen LogP contribution in [0.2, 0.25) is 0 Å². The van der Waals surface area contributed by atoms with Crippen LogP contribution >= 0.6 is 15.5 Å². The molecule has 0 radical (unpaired) electrons. The molecule has 6 rings (SSSR count). The molecule has 3 heterocycles. The van der Waals surface area contributed by atoms with Crippen molar-refractivity contribution in [3.8, 4) is 0 Å². The third-order valence-electron chi connectivity index (χ3n) is 10.7. The van der Waals surface area contributed by atoms with Gasteiger partial charge in [-0.25, -0.2) is 0 Å². The molecule has 42 heavy (non-hydrogen) atoms. The zero-order chi connectivity index (χ0) is 29.5. The van der Waals surface area contributed by atoms with E-state index in [4.69, 9.17) is 6.66 Å². The Kier molecular flexibility index (Phi) is 9.00. The third-order valence-corrected chi connectivity index (χ3v) is 19.0. The van der Waals surface area contributed by atoms with Crippen molar-refractivity contribution in [1.29, 1.82) is 0 Å². The number of hydrogen-bond donors (Lipinski definition) is 0. The van der Waals surface area contributed by atoms with Crippen LogP contribution in [0.4, 0.5) is 0 Å². The summed E-state index contributed by atoms with van der Waals surface area (Å²) in [6, 6.07) is 32.5. The molecule has 3 nitrogen and oxygen atoms in total. The lowest BCUT2D eigenvalue weighted by atomic mass is 9.72. The number of hydrazine groups is 1. The zero-order valence-corrected chi connectivity index (χ0v) is 28.3. The van der Waals surface area contributed by atoms with Gasteiger partial charge in [0.25, 0.3) is 0 Å². The third kappa shape index (κ3) is 5.02. The second kappa shape index (κ2) is 12.4. The Morgan fingerprint density at radius 3 is 1.88 bits per heavy atom. The van der Waals surface area contributed by atoms with Crippen LogP contribution in [0.1, 0.15) is 95.0 Å². The SMILES string of the molecule is [CH2-][P+]1(N(CCCC)P2c3ccccc3C(C)(C)C(C)C2C)[C@H](c2ccccc2)N2CCCCCN2[C@H]1c1ccccc1. The maximum absolute atomic E-state index is 5.61. The van der Waals surface area contributed by atoms with E-state index in [1.54, 1.807) is 10.9 Å². The number of unbranched alkanes of at least 4 members (excludes halogenated alkanes) is 1. The lowest BCUT2D eigenvalue weighted by Gasteiger charge is -2.54. The summed E-state index contributed by atoms with van der Waals surface area (Å²) in [6.07, 6.45) is 6.24. The van der Waals surface area contributed by atoms with Crippen molar-refractivity contribution in [3.63, 3.8) is 0 Å². The van der Waals surface area contributed by atoms with E-state index in [0.29, 0.717) is 23.1 Å². The number of nitrogens with zero attached hydrogens (tertiary/aromatic N) is 3. The molecule has 0 spiro atoms. The summed E-state index contributed by atoms with van der Waals surface area (Å²) < 4.78 is 3.10. The molecule has 2 fully saturated rings. The molecule has 3 aliphatic heterocycles. The van der Waals surface area contributed by atoms with Crippen LogP contribution in [0.3, 0.4) is 0 Å². The highest BCUT2D eigenvalue weighted by molar-refractivity contribution is 7.85. The smallest absolute Gasteiger partial charge is 0.151 e. The fourth-order valence-corrected chi connectivity index (χ4v) is 18.1. The Bertz CT molecular complexity index is 1270. The average molecular weight is 600 g/mol. The highest BCUT2D eigenvalue weighted by Gasteiger charge is 2.64. The zero-order valence-electron chi connectivity index (χ0n) is 26.5. The van der Waals surface area contributed by atoms with Gasteiger partial charge >= 0.3 is 0 Å². The Hall–Kier alpha value is -1.60. The standard InChI is InChI=1S/C37H51N3P2/c1-7-8-28-40(41-30(3)29(2)37(4,5)33-24-16-17-25-34(33)41)42(6)35(31-20-12-9-13-21-31)38-26-18-11-19-27-39(38)36(42)32-22-14-10-15-23-32/h9-10,12-17,20-25,29-30,35-36H,6-8,11,18-19,26-28H2,1-5H3/t29?,30?,35-,36-,41?/m1/s1. The molecule has 2 saturated heterocycles. The van der Waals surface area contributed by atoms with Crippen LogP contribution in [0.25, 0.3) is 0 Å². The van der Waals surface area contributed by atoms with Crippen LogP contribution in [-0.4, -0.2) is 39.8 Å². The van der Waals surface area contributed by atoms with Crippen LogP contribution in [-0.2, 0) is 5.41 Å². The van der Waals surface area contributed by atoms with E-state index in [0.717, 1.165) is 19.6 Å². The molecule has 5 atom stereocenters. The molecule has 224 valence electrons. The summed E-state index contributed by atoms with van der Waals surface area (Å²) in [7, 11) is -2.70. The normalized spacial score (nSPS) is 29.2. The van der Waals surface area contributed by atoms with Gasteiger partial charge in [0, 0.05) is 51.9 Å². The molecule has 5 heteroatoms. The van der Waals surface area contributed by atoms with Crippen LogP contribution < -0.4 is 5.30 Å². The molecule has 0 saturated carbocycles. The van der Waals surface area contributed by atoms with Crippen molar-refractivity contribution in [1.82, 2.24) is 14.5 Å². The van der Waals surface area contributed by atoms with Crippen LogP contribution in [0.15, 0.2) is 84.9 Å². The van der Waals surface area contributed by atoms with Gasteiger partial charge in [0.05, 0.1) is 0 Å². The molecule has 0 N–H and O–H groups in total. The fourth-order valence-electron chi connectivity index (χ4n) is 8.07. The van der Waals surface area contributed by atoms with Gasteiger partial charge in [-0.2, -0.15) is 21.1 Å². The molecule has 0 aromatic heterocycles. The van der Waals surface area contributed by atoms with E-state index in [1.165, 1.54) is 43.2 Å². The van der Waals surface area contributed by atoms with E-state index in [1.807, 2.05) is 0 Å². The molecule has 0 aliphatic carbocycles. The first kappa shape index (κ1) is 30.4. The Balaban J connectivity index is 1.62. The first-order valence-corrected chi connectivity index (χ1v) is 19.8. The topological polar surface area (TPSA) is 9.72 Å². The minimum absolute atomic E-state index is 0.157. The van der Waals surface area contributed by atoms with Gasteiger partial charge in [0.1, 0.15) is 0 Å². The maximum atomic E-state index is 5.61. The van der Waals surface area contributed by atoms with Crippen molar-refractivity contribution < 1.29 is 0 Å². The molecular weight excluding hydrogens is 548 g/mol. The van der Waals surface area contributed by atoms with Gasteiger partial charge < -0.3 is 0 Å². The number of benzene rings is 3. The highest BCUT2D eigenvalue weighted by atomic mass is 31.2. The molecule has 3 unspecified atom stereocenters. The predicted molar refractivity (Wildman–Crippen MR) is 184 cm³/mol. The van der Waals surface area contributed by atoms with Crippen LogP contribution in [0.5, 0.6) is 0 Å². The summed E-state index contributed by atoms with van der Waals surface area (Å²) in [5.41, 5.74) is 5.22. The quantitative estimate of drug-likeness (QED) is 0.198. The van der Waals surface area contributed by atoms with Crippen molar-refractivity contribution in [2.45, 2.75) is 89.4 Å². The van der Waals surface area contributed by atoms with Crippen molar-refractivity contribution in [2.24, 2.45) is 5.92 Å². The van der Waals surface area contributed by atoms with Gasteiger partial charge in [-0.15, -0.1) is 0 Å². The minimum Gasteiger partial charge on any atom is -0.197 e. The summed E-state index contributed by atoms with van der Waals surface area (Å²) in [6.45, 7) is 21.4. The first-order valence-electron chi connectivity index (χ1n) is 16.3. The van der Waals surface area contributed by atoms with Gasteiger partial charge in [-0.3, -0.25) is 0 Å². The van der Waals surface area contributed by atoms with Crippen molar-refractivity contribution in [3.05, 3.63) is 108 Å². The lowest BCUT2D eigenvalue weighted by Crippen LogP contribution is -2.46. The summed E-state index contributed by atoms with van der Waals surface area (Å²) >= 11 is 0.